The first-order valence-electron chi connectivity index (χ1n) is 8.10. The Morgan fingerprint density at radius 1 is 0.842 bits per heavy atom. The van der Waals surface area contributed by atoms with Crippen molar-refractivity contribution in [2.75, 3.05) is 20.2 Å². The van der Waals surface area contributed by atoms with E-state index in [0.717, 1.165) is 13.0 Å². The molecule has 3 nitrogen and oxygen atoms in total. The molecule has 0 atom stereocenters. The second-order valence-electron chi connectivity index (χ2n) is 5.30. The van der Waals surface area contributed by atoms with Gasteiger partial charge in [-0.1, -0.05) is 64.7 Å². The van der Waals surface area contributed by atoms with Crippen LogP contribution in [0.25, 0.3) is 0 Å². The Bertz CT molecular complexity index is 207. The molecule has 19 heavy (non-hydrogen) atoms. The van der Waals surface area contributed by atoms with Gasteiger partial charge in [-0.2, -0.15) is 0 Å². The normalized spacial score (nSPS) is 10.5. The van der Waals surface area contributed by atoms with E-state index in [-0.39, 0.29) is 6.09 Å². The molecule has 0 aromatic heterocycles. The fraction of sp³-hybridized carbons (Fsp3) is 0.938. The van der Waals surface area contributed by atoms with E-state index in [9.17, 15) is 4.79 Å². The monoisotopic (exact) mass is 271 g/mol. The predicted molar refractivity (Wildman–Crippen MR) is 81.5 cm³/mol. The van der Waals surface area contributed by atoms with Gasteiger partial charge in [-0.15, -0.1) is 0 Å². The Hall–Kier alpha value is -0.730. The number of ether oxygens (including phenoxy) is 1. The SMILES string of the molecule is CCCCCCCCCCCCN(C)C(=O)OCC. The van der Waals surface area contributed by atoms with Gasteiger partial charge in [0.2, 0.25) is 0 Å². The van der Waals surface area contributed by atoms with Gasteiger partial charge in [0, 0.05) is 13.6 Å². The van der Waals surface area contributed by atoms with Crippen molar-refractivity contribution in [3.05, 3.63) is 0 Å². The minimum atomic E-state index is -0.196. The highest BCUT2D eigenvalue weighted by molar-refractivity contribution is 5.67. The van der Waals surface area contributed by atoms with Gasteiger partial charge < -0.3 is 9.64 Å². The second kappa shape index (κ2) is 13.7. The van der Waals surface area contributed by atoms with E-state index in [4.69, 9.17) is 4.74 Å². The number of amides is 1. The highest BCUT2D eigenvalue weighted by atomic mass is 16.5. The van der Waals surface area contributed by atoms with Crippen LogP contribution in [0.15, 0.2) is 0 Å². The Labute approximate surface area is 119 Å². The summed E-state index contributed by atoms with van der Waals surface area (Å²) in [6.45, 7) is 5.37. The summed E-state index contributed by atoms with van der Waals surface area (Å²) < 4.78 is 4.93. The standard InChI is InChI=1S/C16H33NO2/c1-4-6-7-8-9-10-11-12-13-14-15-17(3)16(18)19-5-2/h4-15H2,1-3H3. The van der Waals surface area contributed by atoms with Crippen molar-refractivity contribution in [1.82, 2.24) is 4.90 Å². The number of carbonyl (C=O) groups excluding carboxylic acids is 1. The number of unbranched alkanes of at least 4 members (excludes halogenated alkanes) is 9. The molecule has 0 saturated carbocycles. The molecular formula is C16H33NO2. The molecule has 0 saturated heterocycles. The van der Waals surface area contributed by atoms with Gasteiger partial charge in [-0.3, -0.25) is 0 Å². The topological polar surface area (TPSA) is 29.5 Å². The van der Waals surface area contributed by atoms with Crippen LogP contribution < -0.4 is 0 Å². The van der Waals surface area contributed by atoms with Crippen LogP contribution in [0.3, 0.4) is 0 Å². The van der Waals surface area contributed by atoms with Crippen LogP contribution >= 0.6 is 0 Å². The lowest BCUT2D eigenvalue weighted by molar-refractivity contribution is 0.115. The van der Waals surface area contributed by atoms with Crippen molar-refractivity contribution in [3.8, 4) is 0 Å². The molecule has 0 aliphatic rings. The van der Waals surface area contributed by atoms with E-state index < -0.39 is 0 Å². The van der Waals surface area contributed by atoms with Gasteiger partial charge in [-0.05, 0) is 13.3 Å². The molecule has 0 rings (SSSR count). The van der Waals surface area contributed by atoms with Gasteiger partial charge >= 0.3 is 6.09 Å². The van der Waals surface area contributed by atoms with Crippen molar-refractivity contribution in [3.63, 3.8) is 0 Å². The van der Waals surface area contributed by atoms with Crippen LogP contribution in [0.4, 0.5) is 4.79 Å². The van der Waals surface area contributed by atoms with Gasteiger partial charge in [0.15, 0.2) is 0 Å². The van der Waals surface area contributed by atoms with E-state index in [2.05, 4.69) is 6.92 Å². The highest BCUT2D eigenvalue weighted by Gasteiger charge is 2.07. The molecule has 0 aliphatic carbocycles. The van der Waals surface area contributed by atoms with E-state index >= 15 is 0 Å². The third kappa shape index (κ3) is 12.1. The van der Waals surface area contributed by atoms with Crippen LogP contribution in [0.2, 0.25) is 0 Å². The molecule has 3 heteroatoms. The third-order valence-electron chi connectivity index (χ3n) is 3.43. The molecule has 0 bridgehead atoms. The van der Waals surface area contributed by atoms with Crippen molar-refractivity contribution in [2.45, 2.75) is 78.1 Å². The lowest BCUT2D eigenvalue weighted by Crippen LogP contribution is -2.28. The molecule has 0 aromatic carbocycles. The predicted octanol–water partition coefficient (Wildman–Crippen LogP) is 5.00. The Kier molecular flexibility index (Phi) is 13.2. The highest BCUT2D eigenvalue weighted by Crippen LogP contribution is 2.10. The Morgan fingerprint density at radius 3 is 1.79 bits per heavy atom. The van der Waals surface area contributed by atoms with E-state index in [1.54, 1.807) is 4.90 Å². The molecule has 0 aromatic rings. The minimum Gasteiger partial charge on any atom is -0.450 e. The van der Waals surface area contributed by atoms with Crippen LogP contribution in [0.5, 0.6) is 0 Å². The first kappa shape index (κ1) is 18.3. The summed E-state index contributed by atoms with van der Waals surface area (Å²) in [5, 5.41) is 0. The zero-order valence-electron chi connectivity index (χ0n) is 13.2. The maximum atomic E-state index is 11.3. The smallest absolute Gasteiger partial charge is 0.409 e. The fourth-order valence-corrected chi connectivity index (χ4v) is 2.16. The molecule has 0 radical (unpaired) electrons. The number of rotatable bonds is 12. The van der Waals surface area contributed by atoms with Gasteiger partial charge in [0.05, 0.1) is 6.61 Å². The molecular weight excluding hydrogens is 238 g/mol. The van der Waals surface area contributed by atoms with Crippen LogP contribution in [-0.4, -0.2) is 31.2 Å². The molecule has 0 N–H and O–H groups in total. The third-order valence-corrected chi connectivity index (χ3v) is 3.43. The zero-order chi connectivity index (χ0) is 14.3. The summed E-state index contributed by atoms with van der Waals surface area (Å²) in [6, 6.07) is 0. The summed E-state index contributed by atoms with van der Waals surface area (Å²) >= 11 is 0. The minimum absolute atomic E-state index is 0.196. The quantitative estimate of drug-likeness (QED) is 0.468. The van der Waals surface area contributed by atoms with Crippen molar-refractivity contribution in [2.24, 2.45) is 0 Å². The number of hydrogen-bond acceptors (Lipinski definition) is 2. The summed E-state index contributed by atoms with van der Waals surface area (Å²) in [7, 11) is 1.81. The fourth-order valence-electron chi connectivity index (χ4n) is 2.16. The number of nitrogens with zero attached hydrogens (tertiary/aromatic N) is 1. The van der Waals surface area contributed by atoms with Crippen molar-refractivity contribution in [1.29, 1.82) is 0 Å². The molecule has 0 spiro atoms. The number of carbonyl (C=O) groups is 1. The molecule has 0 unspecified atom stereocenters. The van der Waals surface area contributed by atoms with Crippen LogP contribution in [0, 0.1) is 0 Å². The molecule has 0 aliphatic heterocycles. The lowest BCUT2D eigenvalue weighted by atomic mass is 10.1. The average molecular weight is 271 g/mol. The molecule has 0 heterocycles. The van der Waals surface area contributed by atoms with E-state index in [0.29, 0.717) is 6.61 Å². The Morgan fingerprint density at radius 2 is 1.32 bits per heavy atom. The first-order chi connectivity index (χ1) is 9.22. The second-order valence-corrected chi connectivity index (χ2v) is 5.30. The summed E-state index contributed by atoms with van der Waals surface area (Å²) in [5.41, 5.74) is 0. The van der Waals surface area contributed by atoms with Crippen LogP contribution in [0.1, 0.15) is 78.1 Å². The summed E-state index contributed by atoms with van der Waals surface area (Å²) in [5.74, 6) is 0. The molecule has 114 valence electrons. The van der Waals surface area contributed by atoms with E-state index in [1.165, 1.54) is 57.8 Å². The molecule has 0 fully saturated rings. The van der Waals surface area contributed by atoms with E-state index in [1.807, 2.05) is 14.0 Å². The molecule has 1 amide bonds. The summed E-state index contributed by atoms with van der Waals surface area (Å²) in [4.78, 5) is 13.0. The number of hydrogen-bond donors (Lipinski definition) is 0. The first-order valence-corrected chi connectivity index (χ1v) is 8.10. The van der Waals surface area contributed by atoms with Gasteiger partial charge in [0.1, 0.15) is 0 Å². The largest absolute Gasteiger partial charge is 0.450 e. The lowest BCUT2D eigenvalue weighted by Gasteiger charge is -2.15. The van der Waals surface area contributed by atoms with Crippen molar-refractivity contribution < 1.29 is 9.53 Å². The summed E-state index contributed by atoms with van der Waals surface area (Å²) in [6.07, 6.45) is 13.0. The van der Waals surface area contributed by atoms with Gasteiger partial charge in [0.25, 0.3) is 0 Å². The average Bonchev–Trinajstić information content (AvgIpc) is 2.41. The maximum Gasteiger partial charge on any atom is 0.409 e. The van der Waals surface area contributed by atoms with Gasteiger partial charge in [-0.25, -0.2) is 4.79 Å². The van der Waals surface area contributed by atoms with Crippen LogP contribution in [-0.2, 0) is 4.74 Å². The maximum absolute atomic E-state index is 11.3. The van der Waals surface area contributed by atoms with Crippen molar-refractivity contribution >= 4 is 6.09 Å². The zero-order valence-corrected chi connectivity index (χ0v) is 13.2. The Balaban J connectivity index is 3.20.